The van der Waals surface area contributed by atoms with E-state index >= 15 is 0 Å². The lowest BCUT2D eigenvalue weighted by Gasteiger charge is -1.87. The van der Waals surface area contributed by atoms with Crippen molar-refractivity contribution in [3.8, 4) is 0 Å². The van der Waals surface area contributed by atoms with Crippen LogP contribution >= 0.6 is 0 Å². The van der Waals surface area contributed by atoms with Gasteiger partial charge in [0.25, 0.3) is 5.82 Å². The van der Waals surface area contributed by atoms with Crippen LogP contribution in [0.15, 0.2) is 9.32 Å². The molecule has 0 spiro atoms. The Morgan fingerprint density at radius 1 is 1.80 bits per heavy atom. The van der Waals surface area contributed by atoms with E-state index in [1.807, 2.05) is 4.98 Å². The lowest BCUT2D eigenvalue weighted by Crippen LogP contribution is -2.05. The third kappa shape index (κ3) is 1.04. The quantitative estimate of drug-likeness (QED) is 0.519. The highest BCUT2D eigenvalue weighted by atomic mass is 16.5. The lowest BCUT2D eigenvalue weighted by molar-refractivity contribution is 0.0583. The van der Waals surface area contributed by atoms with E-state index in [9.17, 15) is 9.59 Å². The molecule has 0 saturated heterocycles. The molecule has 0 radical (unpaired) electrons. The van der Waals surface area contributed by atoms with Crippen LogP contribution in [0.4, 0.5) is 0 Å². The van der Waals surface area contributed by atoms with Gasteiger partial charge in [-0.05, 0) is 5.16 Å². The number of ether oxygens (including phenoxy) is 1. The van der Waals surface area contributed by atoms with Crippen LogP contribution in [-0.2, 0) is 4.74 Å². The summed E-state index contributed by atoms with van der Waals surface area (Å²) in [7, 11) is 1.18. The molecule has 0 aliphatic rings. The molecule has 0 fully saturated rings. The highest BCUT2D eigenvalue weighted by molar-refractivity contribution is 5.84. The molecule has 0 amide bonds. The Morgan fingerprint density at radius 2 is 2.50 bits per heavy atom. The molecule has 0 aromatic carbocycles. The number of carbonyl (C=O) groups excluding carboxylic acids is 1. The van der Waals surface area contributed by atoms with Crippen LogP contribution in [0, 0.1) is 0 Å². The Bertz CT molecular complexity index is 285. The summed E-state index contributed by atoms with van der Waals surface area (Å²) in [5.41, 5.74) is 0. The standard InChI is InChI=1S/C4H4N2O4/c1-9-3(7)2-5-4(8)10-6-2/h1H3,(H,5,6,8). The fourth-order valence-corrected chi connectivity index (χ4v) is 0.414. The van der Waals surface area contributed by atoms with Gasteiger partial charge in [-0.2, -0.15) is 0 Å². The minimum absolute atomic E-state index is 0.229. The zero-order valence-corrected chi connectivity index (χ0v) is 5.08. The van der Waals surface area contributed by atoms with Gasteiger partial charge in [0.1, 0.15) is 0 Å². The van der Waals surface area contributed by atoms with Gasteiger partial charge in [-0.25, -0.2) is 9.59 Å². The maximum Gasteiger partial charge on any atom is 0.439 e. The molecule has 0 saturated carbocycles. The van der Waals surface area contributed by atoms with E-state index < -0.39 is 11.7 Å². The van der Waals surface area contributed by atoms with Gasteiger partial charge >= 0.3 is 11.7 Å². The SMILES string of the molecule is COC(=O)c1noc(=O)[nH]1. The van der Waals surface area contributed by atoms with E-state index in [1.165, 1.54) is 7.11 Å². The Labute approximate surface area is 54.8 Å². The first-order valence-corrected chi connectivity index (χ1v) is 2.38. The van der Waals surface area contributed by atoms with Crippen LogP contribution in [0.25, 0.3) is 0 Å². The van der Waals surface area contributed by atoms with Crippen LogP contribution in [0.2, 0.25) is 0 Å². The summed E-state index contributed by atoms with van der Waals surface area (Å²) < 4.78 is 8.24. The minimum Gasteiger partial charge on any atom is -0.463 e. The number of rotatable bonds is 1. The van der Waals surface area contributed by atoms with Crippen molar-refractivity contribution >= 4 is 5.97 Å². The predicted molar refractivity (Wildman–Crippen MR) is 28.5 cm³/mol. The minimum atomic E-state index is -0.777. The third-order valence-corrected chi connectivity index (χ3v) is 0.819. The van der Waals surface area contributed by atoms with Crippen molar-refractivity contribution in [2.75, 3.05) is 7.11 Å². The van der Waals surface area contributed by atoms with E-state index in [0.29, 0.717) is 0 Å². The molecule has 54 valence electrons. The lowest BCUT2D eigenvalue weighted by atomic mass is 10.6. The number of hydrogen-bond donors (Lipinski definition) is 1. The molecule has 1 aromatic heterocycles. The molecule has 0 aliphatic heterocycles. The second kappa shape index (κ2) is 2.34. The van der Waals surface area contributed by atoms with Crippen molar-refractivity contribution in [2.24, 2.45) is 0 Å². The molecule has 1 N–H and O–H groups in total. The number of nitrogens with one attached hydrogen (secondary N) is 1. The summed E-state index contributed by atoms with van der Waals surface area (Å²) in [5.74, 6) is -1.74. The molecule has 1 aromatic rings. The first-order chi connectivity index (χ1) is 4.74. The van der Waals surface area contributed by atoms with Gasteiger partial charge in [-0.15, -0.1) is 0 Å². The van der Waals surface area contributed by atoms with Crippen LogP contribution < -0.4 is 5.76 Å². The van der Waals surface area contributed by atoms with Crippen LogP contribution in [0.5, 0.6) is 0 Å². The molecular formula is C4H4N2O4. The topological polar surface area (TPSA) is 85.2 Å². The Hall–Kier alpha value is -1.59. The fourth-order valence-electron chi connectivity index (χ4n) is 0.414. The summed E-state index contributed by atoms with van der Waals surface area (Å²) in [6.45, 7) is 0. The van der Waals surface area contributed by atoms with Crippen molar-refractivity contribution in [2.45, 2.75) is 0 Å². The third-order valence-electron chi connectivity index (χ3n) is 0.819. The molecule has 1 heterocycles. The van der Waals surface area contributed by atoms with Crippen molar-refractivity contribution in [3.63, 3.8) is 0 Å². The second-order valence-corrected chi connectivity index (χ2v) is 1.44. The number of hydrogen-bond acceptors (Lipinski definition) is 5. The van der Waals surface area contributed by atoms with Gasteiger partial charge < -0.3 is 4.74 Å². The number of methoxy groups -OCH3 is 1. The smallest absolute Gasteiger partial charge is 0.439 e. The molecule has 10 heavy (non-hydrogen) atoms. The summed E-state index contributed by atoms with van der Waals surface area (Å²) >= 11 is 0. The monoisotopic (exact) mass is 144 g/mol. The highest BCUT2D eigenvalue weighted by Crippen LogP contribution is 1.85. The van der Waals surface area contributed by atoms with E-state index in [4.69, 9.17) is 0 Å². The molecular weight excluding hydrogens is 140 g/mol. The molecule has 1 rings (SSSR count). The van der Waals surface area contributed by atoms with Gasteiger partial charge in [0.05, 0.1) is 7.11 Å². The maximum atomic E-state index is 10.5. The molecule has 0 atom stereocenters. The number of H-pyrrole nitrogens is 1. The Morgan fingerprint density at radius 3 is 2.90 bits per heavy atom. The first-order valence-electron chi connectivity index (χ1n) is 2.38. The number of aromatic amines is 1. The molecule has 0 unspecified atom stereocenters. The maximum absolute atomic E-state index is 10.5. The molecule has 6 heteroatoms. The van der Waals surface area contributed by atoms with Crippen molar-refractivity contribution in [1.29, 1.82) is 0 Å². The van der Waals surface area contributed by atoms with Gasteiger partial charge in [-0.3, -0.25) is 9.51 Å². The zero-order chi connectivity index (χ0) is 7.56. The average Bonchev–Trinajstić information content (AvgIpc) is 2.34. The van der Waals surface area contributed by atoms with Gasteiger partial charge in [-0.1, -0.05) is 0 Å². The van der Waals surface area contributed by atoms with Crippen molar-refractivity contribution in [3.05, 3.63) is 16.4 Å². The second-order valence-electron chi connectivity index (χ2n) is 1.44. The zero-order valence-electron chi connectivity index (χ0n) is 5.08. The van der Waals surface area contributed by atoms with Gasteiger partial charge in [0.15, 0.2) is 0 Å². The normalized spacial score (nSPS) is 9.30. The summed E-state index contributed by atoms with van der Waals surface area (Å²) in [6, 6.07) is 0. The van der Waals surface area contributed by atoms with Crippen molar-refractivity contribution < 1.29 is 14.1 Å². The van der Waals surface area contributed by atoms with E-state index in [2.05, 4.69) is 14.4 Å². The fraction of sp³-hybridized carbons (Fsp3) is 0.250. The summed E-state index contributed by atoms with van der Waals surface area (Å²) in [4.78, 5) is 22.7. The van der Waals surface area contributed by atoms with Crippen LogP contribution in [-0.4, -0.2) is 23.2 Å². The highest BCUT2D eigenvalue weighted by Gasteiger charge is 2.09. The number of aromatic nitrogens is 2. The van der Waals surface area contributed by atoms with Crippen LogP contribution in [0.1, 0.15) is 10.6 Å². The van der Waals surface area contributed by atoms with E-state index in [0.717, 1.165) is 0 Å². The van der Waals surface area contributed by atoms with Crippen molar-refractivity contribution in [1.82, 2.24) is 10.1 Å². The Balaban J connectivity index is 2.95. The van der Waals surface area contributed by atoms with Crippen LogP contribution in [0.3, 0.4) is 0 Å². The molecule has 0 bridgehead atoms. The summed E-state index contributed by atoms with van der Waals surface area (Å²) in [5, 5.41) is 3.07. The van der Waals surface area contributed by atoms with E-state index in [1.54, 1.807) is 0 Å². The van der Waals surface area contributed by atoms with Gasteiger partial charge in [0, 0.05) is 0 Å². The predicted octanol–water partition coefficient (Wildman–Crippen LogP) is -0.851. The van der Waals surface area contributed by atoms with E-state index in [-0.39, 0.29) is 5.82 Å². The average molecular weight is 144 g/mol. The molecule has 6 nitrogen and oxygen atoms in total. The number of esters is 1. The largest absolute Gasteiger partial charge is 0.463 e. The first kappa shape index (κ1) is 6.53. The summed E-state index contributed by atoms with van der Waals surface area (Å²) in [6.07, 6.45) is 0. The number of carbonyl (C=O) groups is 1. The Kier molecular flexibility index (Phi) is 1.53. The number of nitrogens with zero attached hydrogens (tertiary/aromatic N) is 1. The molecule has 0 aliphatic carbocycles. The van der Waals surface area contributed by atoms with Gasteiger partial charge in [0.2, 0.25) is 0 Å².